The smallest absolute Gasteiger partial charge is 0.310 e. The van der Waals surface area contributed by atoms with E-state index in [1.807, 2.05) is 11.9 Å². The number of esters is 1. The largest absolute Gasteiger partial charge is 0.469 e. The molecule has 1 aromatic heterocycles. The Morgan fingerprint density at radius 1 is 1.56 bits per heavy atom. The zero-order chi connectivity index (χ0) is 12.1. The molecule has 1 unspecified atom stereocenters. The average molecular weight is 224 g/mol. The van der Waals surface area contributed by atoms with Crippen LogP contribution in [0.25, 0.3) is 0 Å². The molecule has 0 radical (unpaired) electrons. The van der Waals surface area contributed by atoms with Gasteiger partial charge in [0, 0.05) is 13.6 Å². The first-order valence-corrected chi connectivity index (χ1v) is 4.92. The molecule has 1 aromatic rings. The fourth-order valence-corrected chi connectivity index (χ4v) is 1.32. The summed E-state index contributed by atoms with van der Waals surface area (Å²) in [6.07, 6.45) is 0. The van der Waals surface area contributed by atoms with Crippen molar-refractivity contribution in [2.75, 3.05) is 31.3 Å². The number of carbonyl (C=O) groups is 1. The summed E-state index contributed by atoms with van der Waals surface area (Å²) in [6.45, 7) is 2.32. The molecule has 0 aromatic carbocycles. The van der Waals surface area contributed by atoms with E-state index in [2.05, 4.69) is 14.9 Å². The van der Waals surface area contributed by atoms with Crippen LogP contribution in [0.4, 0.5) is 11.6 Å². The third kappa shape index (κ3) is 3.08. The van der Waals surface area contributed by atoms with Crippen LogP contribution in [0.15, 0.2) is 12.1 Å². The highest BCUT2D eigenvalue weighted by Crippen LogP contribution is 2.10. The Balaban J connectivity index is 2.61. The highest BCUT2D eigenvalue weighted by Gasteiger charge is 2.16. The predicted octanol–water partition coefficient (Wildman–Crippen LogP) is 0.304. The van der Waals surface area contributed by atoms with Crippen LogP contribution >= 0.6 is 0 Å². The molecular formula is C10H16N4O2. The second kappa shape index (κ2) is 5.29. The summed E-state index contributed by atoms with van der Waals surface area (Å²) in [5.41, 5.74) is 5.43. The predicted molar refractivity (Wildman–Crippen MR) is 60.9 cm³/mol. The molecular weight excluding hydrogens is 208 g/mol. The van der Waals surface area contributed by atoms with E-state index in [0.717, 1.165) is 0 Å². The fourth-order valence-electron chi connectivity index (χ4n) is 1.32. The van der Waals surface area contributed by atoms with Crippen molar-refractivity contribution in [1.29, 1.82) is 0 Å². The van der Waals surface area contributed by atoms with Crippen molar-refractivity contribution in [3.63, 3.8) is 0 Å². The number of methoxy groups -OCH3 is 1. The number of aromatic nitrogens is 2. The number of nitrogen functional groups attached to an aromatic ring is 1. The van der Waals surface area contributed by atoms with Crippen LogP contribution in [0.2, 0.25) is 0 Å². The van der Waals surface area contributed by atoms with Crippen molar-refractivity contribution >= 4 is 17.6 Å². The van der Waals surface area contributed by atoms with Gasteiger partial charge in [0.2, 0.25) is 0 Å². The first-order valence-electron chi connectivity index (χ1n) is 4.92. The number of carbonyl (C=O) groups excluding carboxylic acids is 1. The van der Waals surface area contributed by atoms with Crippen molar-refractivity contribution in [2.24, 2.45) is 5.92 Å². The van der Waals surface area contributed by atoms with Gasteiger partial charge >= 0.3 is 5.97 Å². The van der Waals surface area contributed by atoms with Gasteiger partial charge in [0.1, 0.15) is 5.82 Å². The van der Waals surface area contributed by atoms with Crippen molar-refractivity contribution in [3.05, 3.63) is 12.1 Å². The highest BCUT2D eigenvalue weighted by atomic mass is 16.5. The number of ether oxygens (including phenoxy) is 1. The van der Waals surface area contributed by atoms with Crippen LogP contribution in [-0.2, 0) is 9.53 Å². The zero-order valence-corrected chi connectivity index (χ0v) is 9.67. The Kier molecular flexibility index (Phi) is 4.04. The average Bonchev–Trinajstić information content (AvgIpc) is 2.28. The maximum absolute atomic E-state index is 11.2. The standard InChI is InChI=1S/C10H16N4O2/c1-7(10(15)16-3)6-14(2)9-5-4-8(11)12-13-9/h4-5,7H,6H2,1-3H3,(H2,11,12). The van der Waals surface area contributed by atoms with Crippen molar-refractivity contribution in [2.45, 2.75) is 6.92 Å². The molecule has 1 heterocycles. The molecule has 0 amide bonds. The van der Waals surface area contributed by atoms with Gasteiger partial charge in [-0.1, -0.05) is 6.92 Å². The second-order valence-corrected chi connectivity index (χ2v) is 3.62. The Bertz CT molecular complexity index is 352. The first-order chi connectivity index (χ1) is 7.54. The molecule has 2 N–H and O–H groups in total. The molecule has 0 saturated heterocycles. The SMILES string of the molecule is COC(=O)C(C)CN(C)c1ccc(N)nn1. The monoisotopic (exact) mass is 224 g/mol. The van der Waals surface area contributed by atoms with E-state index >= 15 is 0 Å². The molecule has 0 fully saturated rings. The molecule has 16 heavy (non-hydrogen) atoms. The van der Waals surface area contributed by atoms with Gasteiger partial charge in [-0.05, 0) is 12.1 Å². The summed E-state index contributed by atoms with van der Waals surface area (Å²) in [5, 5.41) is 7.66. The topological polar surface area (TPSA) is 81.3 Å². The molecule has 6 heteroatoms. The van der Waals surface area contributed by atoms with Crippen LogP contribution in [0.1, 0.15) is 6.92 Å². The minimum Gasteiger partial charge on any atom is -0.469 e. The summed E-state index contributed by atoms with van der Waals surface area (Å²) < 4.78 is 4.65. The van der Waals surface area contributed by atoms with Gasteiger partial charge in [0.15, 0.2) is 5.82 Å². The van der Waals surface area contributed by atoms with Crippen molar-refractivity contribution < 1.29 is 9.53 Å². The fraction of sp³-hybridized carbons (Fsp3) is 0.500. The van der Waals surface area contributed by atoms with Gasteiger partial charge in [0.05, 0.1) is 13.0 Å². The van der Waals surface area contributed by atoms with Crippen LogP contribution in [0, 0.1) is 5.92 Å². The quantitative estimate of drug-likeness (QED) is 0.741. The Hall–Kier alpha value is -1.85. The van der Waals surface area contributed by atoms with Crippen LogP contribution < -0.4 is 10.6 Å². The number of hydrogen-bond donors (Lipinski definition) is 1. The summed E-state index contributed by atoms with van der Waals surface area (Å²) in [4.78, 5) is 13.1. The maximum Gasteiger partial charge on any atom is 0.310 e. The molecule has 0 aliphatic heterocycles. The van der Waals surface area contributed by atoms with Crippen LogP contribution in [0.3, 0.4) is 0 Å². The Morgan fingerprint density at radius 2 is 2.25 bits per heavy atom. The van der Waals surface area contributed by atoms with E-state index in [4.69, 9.17) is 5.73 Å². The summed E-state index contributed by atoms with van der Waals surface area (Å²) >= 11 is 0. The molecule has 0 aliphatic rings. The van der Waals surface area contributed by atoms with Gasteiger partial charge < -0.3 is 15.4 Å². The van der Waals surface area contributed by atoms with E-state index in [1.54, 1.807) is 19.1 Å². The van der Waals surface area contributed by atoms with E-state index in [0.29, 0.717) is 18.2 Å². The molecule has 1 atom stereocenters. The lowest BCUT2D eigenvalue weighted by Gasteiger charge is -2.20. The molecule has 88 valence electrons. The maximum atomic E-state index is 11.2. The minimum absolute atomic E-state index is 0.214. The van der Waals surface area contributed by atoms with E-state index < -0.39 is 0 Å². The first kappa shape index (κ1) is 12.2. The highest BCUT2D eigenvalue weighted by molar-refractivity contribution is 5.72. The molecule has 0 spiro atoms. The van der Waals surface area contributed by atoms with Crippen LogP contribution in [0.5, 0.6) is 0 Å². The Morgan fingerprint density at radius 3 is 2.75 bits per heavy atom. The van der Waals surface area contributed by atoms with Gasteiger partial charge in [0.25, 0.3) is 0 Å². The molecule has 0 aliphatic carbocycles. The molecule has 6 nitrogen and oxygen atoms in total. The van der Waals surface area contributed by atoms with Crippen molar-refractivity contribution in [1.82, 2.24) is 10.2 Å². The van der Waals surface area contributed by atoms with Gasteiger partial charge in [-0.3, -0.25) is 4.79 Å². The lowest BCUT2D eigenvalue weighted by atomic mass is 10.2. The van der Waals surface area contributed by atoms with E-state index in [-0.39, 0.29) is 11.9 Å². The Labute approximate surface area is 94.4 Å². The summed E-state index contributed by atoms with van der Waals surface area (Å²) in [5.74, 6) is 0.590. The normalized spacial score (nSPS) is 11.9. The van der Waals surface area contributed by atoms with E-state index in [1.165, 1.54) is 7.11 Å². The van der Waals surface area contributed by atoms with Gasteiger partial charge in [-0.2, -0.15) is 0 Å². The number of rotatable bonds is 4. The van der Waals surface area contributed by atoms with Gasteiger partial charge in [-0.15, -0.1) is 10.2 Å². The number of nitrogens with two attached hydrogens (primary N) is 1. The van der Waals surface area contributed by atoms with Crippen LogP contribution in [-0.4, -0.2) is 36.9 Å². The minimum atomic E-state index is -0.241. The molecule has 1 rings (SSSR count). The van der Waals surface area contributed by atoms with E-state index in [9.17, 15) is 4.79 Å². The second-order valence-electron chi connectivity index (χ2n) is 3.62. The zero-order valence-electron chi connectivity index (χ0n) is 9.67. The lowest BCUT2D eigenvalue weighted by Crippen LogP contribution is -2.29. The lowest BCUT2D eigenvalue weighted by molar-refractivity contribution is -0.144. The van der Waals surface area contributed by atoms with Gasteiger partial charge in [-0.25, -0.2) is 0 Å². The number of hydrogen-bond acceptors (Lipinski definition) is 6. The summed E-state index contributed by atoms with van der Waals surface area (Å²) in [7, 11) is 3.21. The number of anilines is 2. The third-order valence-corrected chi connectivity index (χ3v) is 2.21. The third-order valence-electron chi connectivity index (χ3n) is 2.21. The molecule has 0 bridgehead atoms. The summed E-state index contributed by atoms with van der Waals surface area (Å²) in [6, 6.07) is 3.42. The van der Waals surface area contributed by atoms with Crippen molar-refractivity contribution in [3.8, 4) is 0 Å². The molecule has 0 saturated carbocycles. The number of nitrogens with zero attached hydrogens (tertiary/aromatic N) is 3.